The van der Waals surface area contributed by atoms with Gasteiger partial charge >= 0.3 is 0 Å². The summed E-state index contributed by atoms with van der Waals surface area (Å²) in [6, 6.07) is 2.63. The highest BCUT2D eigenvalue weighted by molar-refractivity contribution is 5.82. The first-order chi connectivity index (χ1) is 13.0. The van der Waals surface area contributed by atoms with E-state index in [-0.39, 0.29) is 24.8 Å². The van der Waals surface area contributed by atoms with Gasteiger partial charge in [0.2, 0.25) is 5.91 Å². The second-order valence-corrected chi connectivity index (χ2v) is 5.56. The molecule has 1 amide bonds. The summed E-state index contributed by atoms with van der Waals surface area (Å²) in [5.74, 6) is -0.415. The number of nitrogens with zero attached hydrogens (tertiary/aromatic N) is 1. The molecule has 0 fully saturated rings. The minimum absolute atomic E-state index is 0.153. The van der Waals surface area contributed by atoms with Gasteiger partial charge in [-0.1, -0.05) is 48.0 Å². The highest BCUT2D eigenvalue weighted by Crippen LogP contribution is 2.30. The van der Waals surface area contributed by atoms with Gasteiger partial charge in [-0.2, -0.15) is 0 Å². The number of nitrogens with one attached hydrogen (secondary N) is 1. The lowest BCUT2D eigenvalue weighted by Crippen LogP contribution is -2.46. The normalized spacial score (nSPS) is 15.1. The molecule has 2 rings (SSSR count). The van der Waals surface area contributed by atoms with Crippen LogP contribution in [-0.2, 0) is 11.2 Å². The first-order valence-corrected chi connectivity index (χ1v) is 10.0. The maximum absolute atomic E-state index is 13.9. The number of likely N-dealkylation sites (N-methyl/N-ethyl adjacent to an activating group) is 1. The Kier molecular flexibility index (Phi) is 16.6. The summed E-state index contributed by atoms with van der Waals surface area (Å²) in [7, 11) is 1.77. The molecule has 1 atom stereocenters. The smallest absolute Gasteiger partial charge is 0.239 e. The number of aliphatic hydroxyl groups excluding tert-OH is 1. The summed E-state index contributed by atoms with van der Waals surface area (Å²) >= 11 is 0. The van der Waals surface area contributed by atoms with Crippen molar-refractivity contribution in [1.82, 2.24) is 5.32 Å². The molecule has 1 aliphatic heterocycles. The van der Waals surface area contributed by atoms with Gasteiger partial charge in [-0.05, 0) is 25.0 Å². The average molecular weight is 387 g/mol. The minimum Gasteiger partial charge on any atom is -0.491 e. The fourth-order valence-corrected chi connectivity index (χ4v) is 2.37. The van der Waals surface area contributed by atoms with Crippen LogP contribution in [0.3, 0.4) is 0 Å². The van der Waals surface area contributed by atoms with Gasteiger partial charge in [0.05, 0.1) is 25.8 Å². The number of benzene rings is 1. The molecule has 0 saturated heterocycles. The Hall–Kier alpha value is -1.82. The Balaban J connectivity index is 0. The van der Waals surface area contributed by atoms with Crippen molar-refractivity contribution in [2.75, 3.05) is 31.7 Å². The lowest BCUT2D eigenvalue weighted by molar-refractivity contribution is -0.120. The molecule has 5 nitrogen and oxygen atoms in total. The van der Waals surface area contributed by atoms with Crippen LogP contribution in [0.4, 0.5) is 10.1 Å². The third kappa shape index (κ3) is 9.61. The number of aliphatic hydroxyl groups is 1. The van der Waals surface area contributed by atoms with Gasteiger partial charge in [0.25, 0.3) is 0 Å². The topological polar surface area (TPSA) is 61.8 Å². The molecule has 158 valence electrons. The van der Waals surface area contributed by atoms with Crippen LogP contribution in [0.2, 0.25) is 0 Å². The van der Waals surface area contributed by atoms with E-state index in [2.05, 4.69) is 19.2 Å². The van der Waals surface area contributed by atoms with Gasteiger partial charge in [0.15, 0.2) is 11.6 Å². The van der Waals surface area contributed by atoms with Gasteiger partial charge in [0, 0.05) is 18.8 Å². The standard InChI is InChI=1S/C14H19FN2O3.C3H8.2C2H6/c1-3-20-13-6-12-9(5-11(13)15)4-10(8-18)16-14(19)7-17(12)2;1-3-2;2*1-2/h5-6,10,18H,3-4,7-8H2,1-2H3,(H,16,19);3H2,1-2H3;2*1-2H3. The molecular formula is C21H39FN2O3. The second-order valence-electron chi connectivity index (χ2n) is 5.56. The molecule has 1 aromatic rings. The zero-order chi connectivity index (χ0) is 21.4. The van der Waals surface area contributed by atoms with Gasteiger partial charge in [-0.3, -0.25) is 4.79 Å². The number of fused-ring (bicyclic) bond motifs is 1. The molecule has 1 heterocycles. The quantitative estimate of drug-likeness (QED) is 0.819. The molecule has 0 radical (unpaired) electrons. The van der Waals surface area contributed by atoms with E-state index < -0.39 is 11.9 Å². The fraction of sp³-hybridized carbons (Fsp3) is 0.667. The van der Waals surface area contributed by atoms with Gasteiger partial charge in [0.1, 0.15) is 0 Å². The first-order valence-electron chi connectivity index (χ1n) is 10.0. The number of rotatable bonds is 3. The number of hydrogen-bond donors (Lipinski definition) is 2. The van der Waals surface area contributed by atoms with Crippen LogP contribution < -0.4 is 15.0 Å². The summed E-state index contributed by atoms with van der Waals surface area (Å²) in [5, 5.41) is 12.0. The third-order valence-corrected chi connectivity index (χ3v) is 3.28. The van der Waals surface area contributed by atoms with Crippen LogP contribution in [0.1, 0.15) is 60.5 Å². The lowest BCUT2D eigenvalue weighted by atomic mass is 10.0. The zero-order valence-corrected chi connectivity index (χ0v) is 18.4. The van der Waals surface area contributed by atoms with E-state index >= 15 is 0 Å². The number of ether oxygens (including phenoxy) is 1. The van der Waals surface area contributed by atoms with Crippen molar-refractivity contribution in [3.63, 3.8) is 0 Å². The van der Waals surface area contributed by atoms with Crippen molar-refractivity contribution >= 4 is 11.6 Å². The first kappa shape index (κ1) is 27.4. The minimum atomic E-state index is -0.428. The van der Waals surface area contributed by atoms with Crippen molar-refractivity contribution in [2.24, 2.45) is 0 Å². The van der Waals surface area contributed by atoms with E-state index in [1.54, 1.807) is 24.9 Å². The lowest BCUT2D eigenvalue weighted by Gasteiger charge is -2.29. The molecule has 0 saturated carbocycles. The fourth-order valence-electron chi connectivity index (χ4n) is 2.37. The van der Waals surface area contributed by atoms with Crippen molar-refractivity contribution in [3.8, 4) is 5.75 Å². The molecule has 0 aliphatic carbocycles. The van der Waals surface area contributed by atoms with Crippen LogP contribution in [0.5, 0.6) is 5.75 Å². The van der Waals surface area contributed by atoms with Crippen LogP contribution >= 0.6 is 0 Å². The van der Waals surface area contributed by atoms with E-state index in [0.717, 1.165) is 11.3 Å². The maximum Gasteiger partial charge on any atom is 0.239 e. The molecule has 1 aromatic carbocycles. The second kappa shape index (κ2) is 16.4. The van der Waals surface area contributed by atoms with E-state index in [0.29, 0.717) is 13.0 Å². The summed E-state index contributed by atoms with van der Waals surface area (Å²) in [6.07, 6.45) is 1.63. The van der Waals surface area contributed by atoms with E-state index in [1.807, 2.05) is 27.7 Å². The predicted octanol–water partition coefficient (Wildman–Crippen LogP) is 4.16. The van der Waals surface area contributed by atoms with Crippen LogP contribution in [0.15, 0.2) is 12.1 Å². The number of amides is 1. The number of carbonyl (C=O) groups is 1. The van der Waals surface area contributed by atoms with Crippen LogP contribution in [0.25, 0.3) is 0 Å². The van der Waals surface area contributed by atoms with Gasteiger partial charge in [-0.25, -0.2) is 4.39 Å². The molecule has 0 spiro atoms. The van der Waals surface area contributed by atoms with Gasteiger partial charge < -0.3 is 20.1 Å². The van der Waals surface area contributed by atoms with Crippen molar-refractivity contribution in [1.29, 1.82) is 0 Å². The maximum atomic E-state index is 13.9. The monoisotopic (exact) mass is 386 g/mol. The average Bonchev–Trinajstić information content (AvgIpc) is 2.66. The Morgan fingerprint density at radius 1 is 1.22 bits per heavy atom. The number of carbonyl (C=O) groups excluding carboxylic acids is 1. The Morgan fingerprint density at radius 3 is 2.26 bits per heavy atom. The number of halogens is 1. The van der Waals surface area contributed by atoms with Crippen molar-refractivity contribution in [2.45, 2.75) is 67.3 Å². The Labute approximate surface area is 164 Å². The van der Waals surface area contributed by atoms with Crippen molar-refractivity contribution < 1.29 is 19.0 Å². The van der Waals surface area contributed by atoms with E-state index in [9.17, 15) is 14.3 Å². The Morgan fingerprint density at radius 2 is 1.78 bits per heavy atom. The third-order valence-electron chi connectivity index (χ3n) is 3.28. The molecule has 1 unspecified atom stereocenters. The van der Waals surface area contributed by atoms with Crippen molar-refractivity contribution in [3.05, 3.63) is 23.5 Å². The largest absolute Gasteiger partial charge is 0.491 e. The molecule has 6 heteroatoms. The molecule has 0 bridgehead atoms. The highest BCUT2D eigenvalue weighted by Gasteiger charge is 2.23. The summed E-state index contributed by atoms with van der Waals surface area (Å²) in [4.78, 5) is 13.5. The van der Waals surface area contributed by atoms with E-state index in [4.69, 9.17) is 4.74 Å². The molecule has 0 aromatic heterocycles. The number of anilines is 1. The molecule has 2 N–H and O–H groups in total. The van der Waals surface area contributed by atoms with Crippen LogP contribution in [0, 0.1) is 5.82 Å². The highest BCUT2D eigenvalue weighted by atomic mass is 19.1. The summed E-state index contributed by atoms with van der Waals surface area (Å²) < 4.78 is 19.2. The SMILES string of the molecule is CC.CC.CCC.CCOc1cc2c(cc1F)CC(CO)NC(=O)CN2C. The number of hydrogen-bond acceptors (Lipinski definition) is 4. The van der Waals surface area contributed by atoms with Gasteiger partial charge in [-0.15, -0.1) is 0 Å². The summed E-state index contributed by atoms with van der Waals surface area (Å²) in [5.41, 5.74) is 1.50. The molecular weight excluding hydrogens is 347 g/mol. The van der Waals surface area contributed by atoms with Crippen LogP contribution in [-0.4, -0.2) is 43.9 Å². The molecule has 27 heavy (non-hydrogen) atoms. The zero-order valence-electron chi connectivity index (χ0n) is 18.4. The van der Waals surface area contributed by atoms with E-state index in [1.165, 1.54) is 12.5 Å². The molecule has 1 aliphatic rings. The Bertz CT molecular complexity index is 524. The summed E-state index contributed by atoms with van der Waals surface area (Å²) in [6.45, 7) is 14.4. The predicted molar refractivity (Wildman–Crippen MR) is 112 cm³/mol.